The van der Waals surface area contributed by atoms with Crippen molar-refractivity contribution in [2.75, 3.05) is 6.61 Å². The van der Waals surface area contributed by atoms with E-state index in [-0.39, 0.29) is 5.95 Å². The number of ether oxygens (including phenoxy) is 2. The minimum atomic E-state index is -0.422. The first kappa shape index (κ1) is 12.3. The van der Waals surface area contributed by atoms with Crippen LogP contribution in [0, 0.1) is 13.8 Å². The molecule has 0 spiro atoms. The van der Waals surface area contributed by atoms with E-state index in [1.165, 1.54) is 0 Å². The van der Waals surface area contributed by atoms with E-state index in [9.17, 15) is 4.79 Å². The fraction of sp³-hybridized carbons (Fsp3) is 0.308. The van der Waals surface area contributed by atoms with Crippen molar-refractivity contribution in [1.82, 2.24) is 0 Å². The van der Waals surface area contributed by atoms with E-state index >= 15 is 0 Å². The molecule has 3 nitrogen and oxygen atoms in total. The lowest BCUT2D eigenvalue weighted by Crippen LogP contribution is -2.10. The summed E-state index contributed by atoms with van der Waals surface area (Å²) in [5.74, 6) is -0.385. The van der Waals surface area contributed by atoms with Gasteiger partial charge in [0.1, 0.15) is 0 Å². The highest BCUT2D eigenvalue weighted by Gasteiger charge is 2.14. The first-order chi connectivity index (χ1) is 7.56. The molecule has 1 aromatic rings. The number of benzene rings is 1. The number of hydrogen-bond donors (Lipinski definition) is 0. The normalized spacial score (nSPS) is 9.69. The molecule has 0 aliphatic carbocycles. The van der Waals surface area contributed by atoms with Gasteiger partial charge in [-0.2, -0.15) is 0 Å². The second kappa shape index (κ2) is 5.35. The number of hydrogen-bond acceptors (Lipinski definition) is 3. The smallest absolute Gasteiger partial charge is 0.346 e. The van der Waals surface area contributed by atoms with Crippen LogP contribution in [0.4, 0.5) is 0 Å². The van der Waals surface area contributed by atoms with E-state index in [2.05, 4.69) is 6.58 Å². The molecule has 3 heteroatoms. The zero-order valence-corrected chi connectivity index (χ0v) is 9.87. The van der Waals surface area contributed by atoms with Crippen LogP contribution in [0.25, 0.3) is 0 Å². The molecule has 0 aromatic heterocycles. The maximum atomic E-state index is 11.8. The average Bonchev–Trinajstić information content (AvgIpc) is 2.17. The summed E-state index contributed by atoms with van der Waals surface area (Å²) >= 11 is 0. The third-order valence-electron chi connectivity index (χ3n) is 2.20. The Morgan fingerprint density at radius 3 is 2.38 bits per heavy atom. The average molecular weight is 220 g/mol. The molecule has 86 valence electrons. The summed E-state index contributed by atoms with van der Waals surface area (Å²) < 4.78 is 9.96. The first-order valence-electron chi connectivity index (χ1n) is 5.16. The van der Waals surface area contributed by atoms with Gasteiger partial charge in [-0.15, -0.1) is 0 Å². The van der Waals surface area contributed by atoms with Crippen LogP contribution < -0.4 is 0 Å². The topological polar surface area (TPSA) is 35.5 Å². The molecule has 0 fully saturated rings. The van der Waals surface area contributed by atoms with Crippen molar-refractivity contribution < 1.29 is 14.3 Å². The Kier molecular flexibility index (Phi) is 4.11. The standard InChI is InChI=1S/C13H16O3/c1-5-15-11(4)16-13(14)12-9(2)7-6-8-10(12)3/h6-8H,4-5H2,1-3H3. The highest BCUT2D eigenvalue weighted by Crippen LogP contribution is 2.15. The van der Waals surface area contributed by atoms with Gasteiger partial charge in [-0.1, -0.05) is 18.2 Å². The molecule has 16 heavy (non-hydrogen) atoms. The summed E-state index contributed by atoms with van der Waals surface area (Å²) in [7, 11) is 0. The van der Waals surface area contributed by atoms with Crippen LogP contribution in [-0.2, 0) is 9.47 Å². The van der Waals surface area contributed by atoms with Gasteiger partial charge in [0.15, 0.2) is 0 Å². The number of carbonyl (C=O) groups is 1. The van der Waals surface area contributed by atoms with Gasteiger partial charge >= 0.3 is 5.97 Å². The van der Waals surface area contributed by atoms with Gasteiger partial charge in [0.2, 0.25) is 0 Å². The molecule has 0 radical (unpaired) electrons. The van der Waals surface area contributed by atoms with Gasteiger partial charge in [-0.25, -0.2) is 4.79 Å². The lowest BCUT2D eigenvalue weighted by molar-refractivity contribution is 0.0291. The van der Waals surface area contributed by atoms with Crippen LogP contribution in [0.3, 0.4) is 0 Å². The molecule has 0 N–H and O–H groups in total. The van der Waals surface area contributed by atoms with Gasteiger partial charge in [-0.05, 0) is 38.5 Å². The largest absolute Gasteiger partial charge is 0.466 e. The maximum absolute atomic E-state index is 11.8. The Morgan fingerprint density at radius 1 is 1.31 bits per heavy atom. The minimum absolute atomic E-state index is 0.0372. The van der Waals surface area contributed by atoms with Crippen molar-refractivity contribution >= 4 is 5.97 Å². The Balaban J connectivity index is 2.85. The van der Waals surface area contributed by atoms with E-state index in [4.69, 9.17) is 9.47 Å². The number of esters is 1. The lowest BCUT2D eigenvalue weighted by atomic mass is 10.0. The van der Waals surface area contributed by atoms with Crippen molar-refractivity contribution in [2.45, 2.75) is 20.8 Å². The SMILES string of the molecule is C=C(OCC)OC(=O)c1c(C)cccc1C. The summed E-state index contributed by atoms with van der Waals surface area (Å²) in [5.41, 5.74) is 2.34. The van der Waals surface area contributed by atoms with Gasteiger partial charge in [-0.3, -0.25) is 0 Å². The molecule has 1 aromatic carbocycles. The molecule has 0 amide bonds. The number of aryl methyl sites for hydroxylation is 2. The zero-order chi connectivity index (χ0) is 12.1. The van der Waals surface area contributed by atoms with E-state index in [0.717, 1.165) is 11.1 Å². The molecular formula is C13H16O3. The predicted octanol–water partition coefficient (Wildman–Crippen LogP) is 2.97. The Morgan fingerprint density at radius 2 is 1.88 bits per heavy atom. The molecule has 0 heterocycles. The van der Waals surface area contributed by atoms with Crippen LogP contribution in [0.15, 0.2) is 30.7 Å². The third kappa shape index (κ3) is 2.86. The molecule has 0 atom stereocenters. The molecule has 1 rings (SSSR count). The molecule has 0 aliphatic heterocycles. The fourth-order valence-electron chi connectivity index (χ4n) is 1.48. The van der Waals surface area contributed by atoms with Crippen LogP contribution in [0.1, 0.15) is 28.4 Å². The minimum Gasteiger partial charge on any atom is -0.466 e. The maximum Gasteiger partial charge on any atom is 0.346 e. The Bertz CT molecular complexity index is 387. The predicted molar refractivity (Wildman–Crippen MR) is 62.1 cm³/mol. The van der Waals surface area contributed by atoms with Crippen molar-refractivity contribution in [3.05, 3.63) is 47.4 Å². The molecule has 0 saturated heterocycles. The van der Waals surface area contributed by atoms with Crippen molar-refractivity contribution in [3.8, 4) is 0 Å². The highest BCUT2D eigenvalue weighted by atomic mass is 16.7. The summed E-state index contributed by atoms with van der Waals surface area (Å²) in [6, 6.07) is 5.64. The van der Waals surface area contributed by atoms with E-state index in [0.29, 0.717) is 12.2 Å². The highest BCUT2D eigenvalue weighted by molar-refractivity contribution is 5.93. The van der Waals surface area contributed by atoms with Crippen LogP contribution in [-0.4, -0.2) is 12.6 Å². The quantitative estimate of drug-likeness (QED) is 0.578. The molecule has 0 saturated carbocycles. The van der Waals surface area contributed by atoms with Gasteiger partial charge < -0.3 is 9.47 Å². The number of rotatable bonds is 4. The van der Waals surface area contributed by atoms with E-state index in [1.807, 2.05) is 32.0 Å². The van der Waals surface area contributed by atoms with Crippen LogP contribution >= 0.6 is 0 Å². The van der Waals surface area contributed by atoms with Gasteiger partial charge in [0, 0.05) is 0 Å². The summed E-state index contributed by atoms with van der Waals surface area (Å²) in [4.78, 5) is 11.8. The summed E-state index contributed by atoms with van der Waals surface area (Å²) in [5, 5.41) is 0. The van der Waals surface area contributed by atoms with Crippen molar-refractivity contribution in [1.29, 1.82) is 0 Å². The molecule has 0 unspecified atom stereocenters. The third-order valence-corrected chi connectivity index (χ3v) is 2.20. The van der Waals surface area contributed by atoms with Crippen LogP contribution in [0.5, 0.6) is 0 Å². The molecular weight excluding hydrogens is 204 g/mol. The van der Waals surface area contributed by atoms with E-state index in [1.54, 1.807) is 6.92 Å². The first-order valence-corrected chi connectivity index (χ1v) is 5.16. The Labute approximate surface area is 95.7 Å². The van der Waals surface area contributed by atoms with Crippen molar-refractivity contribution in [3.63, 3.8) is 0 Å². The zero-order valence-electron chi connectivity index (χ0n) is 9.87. The van der Waals surface area contributed by atoms with Crippen molar-refractivity contribution in [2.24, 2.45) is 0 Å². The van der Waals surface area contributed by atoms with Gasteiger partial charge in [0.05, 0.1) is 12.2 Å². The molecule has 0 aliphatic rings. The van der Waals surface area contributed by atoms with Crippen LogP contribution in [0.2, 0.25) is 0 Å². The number of carbonyl (C=O) groups excluding carboxylic acids is 1. The fourth-order valence-corrected chi connectivity index (χ4v) is 1.48. The summed E-state index contributed by atoms with van der Waals surface area (Å²) in [6.45, 7) is 9.47. The second-order valence-corrected chi connectivity index (χ2v) is 3.46. The second-order valence-electron chi connectivity index (χ2n) is 3.46. The summed E-state index contributed by atoms with van der Waals surface area (Å²) in [6.07, 6.45) is 0. The van der Waals surface area contributed by atoms with Gasteiger partial charge in [0.25, 0.3) is 5.95 Å². The van der Waals surface area contributed by atoms with E-state index < -0.39 is 5.97 Å². The molecule has 0 bridgehead atoms. The monoisotopic (exact) mass is 220 g/mol. The lowest BCUT2D eigenvalue weighted by Gasteiger charge is -2.10. The Hall–Kier alpha value is -1.77.